The van der Waals surface area contributed by atoms with Gasteiger partial charge in [0.1, 0.15) is 5.15 Å². The summed E-state index contributed by atoms with van der Waals surface area (Å²) in [4.78, 5) is 11.2. The lowest BCUT2D eigenvalue weighted by atomic mass is 10.2. The maximum Gasteiger partial charge on any atom is 0.191 e. The molecule has 1 fully saturated rings. The van der Waals surface area contributed by atoms with Gasteiger partial charge < -0.3 is 15.4 Å². The first kappa shape index (κ1) is 23.4. The Bertz CT molecular complexity index is 541. The van der Waals surface area contributed by atoms with Crippen LogP contribution in [0.3, 0.4) is 0 Å². The number of hydrogen-bond donors (Lipinski definition) is 2. The van der Waals surface area contributed by atoms with Gasteiger partial charge in [-0.3, -0.25) is 4.90 Å². The van der Waals surface area contributed by atoms with Crippen LogP contribution in [0.1, 0.15) is 26.3 Å². The van der Waals surface area contributed by atoms with Gasteiger partial charge >= 0.3 is 0 Å². The minimum absolute atomic E-state index is 0. The van der Waals surface area contributed by atoms with Gasteiger partial charge in [-0.15, -0.1) is 24.0 Å². The van der Waals surface area contributed by atoms with E-state index < -0.39 is 0 Å². The minimum Gasteiger partial charge on any atom is -0.374 e. The van der Waals surface area contributed by atoms with Crippen molar-refractivity contribution in [3.63, 3.8) is 0 Å². The summed E-state index contributed by atoms with van der Waals surface area (Å²) in [7, 11) is 0. The highest BCUT2D eigenvalue weighted by Crippen LogP contribution is 2.08. The zero-order valence-corrected chi connectivity index (χ0v) is 19.0. The van der Waals surface area contributed by atoms with Crippen LogP contribution in [-0.2, 0) is 11.3 Å². The molecule has 1 unspecified atom stereocenters. The van der Waals surface area contributed by atoms with E-state index in [1.54, 1.807) is 12.3 Å². The summed E-state index contributed by atoms with van der Waals surface area (Å²) in [5.41, 5.74) is 1.03. The van der Waals surface area contributed by atoms with E-state index in [2.05, 4.69) is 46.3 Å². The first-order valence-electron chi connectivity index (χ1n) is 9.03. The molecule has 26 heavy (non-hydrogen) atoms. The molecule has 0 saturated carbocycles. The molecule has 1 atom stereocenters. The number of hydrogen-bond acceptors (Lipinski definition) is 4. The van der Waals surface area contributed by atoms with Crippen LogP contribution in [0.15, 0.2) is 23.3 Å². The zero-order chi connectivity index (χ0) is 18.1. The van der Waals surface area contributed by atoms with Crippen molar-refractivity contribution in [2.24, 2.45) is 10.9 Å². The molecule has 2 N–H and O–H groups in total. The molecular formula is C18H31ClIN5O. The van der Waals surface area contributed by atoms with Gasteiger partial charge in [-0.2, -0.15) is 0 Å². The molecule has 2 rings (SSSR count). The average Bonchev–Trinajstić information content (AvgIpc) is 2.58. The largest absolute Gasteiger partial charge is 0.374 e. The van der Waals surface area contributed by atoms with E-state index in [9.17, 15) is 0 Å². The van der Waals surface area contributed by atoms with Crippen LogP contribution >= 0.6 is 35.6 Å². The number of ether oxygens (including phenoxy) is 1. The second kappa shape index (κ2) is 12.7. The SMILES string of the molecule is CCNC(=NCc1ccc(Cl)nc1)NCC1CN(CC(C)C)CCO1.I. The Kier molecular flexibility index (Phi) is 11.4. The molecule has 1 aliphatic rings. The topological polar surface area (TPSA) is 61.8 Å². The highest BCUT2D eigenvalue weighted by atomic mass is 127. The minimum atomic E-state index is 0. The van der Waals surface area contributed by atoms with Gasteiger partial charge in [0.2, 0.25) is 0 Å². The fourth-order valence-electron chi connectivity index (χ4n) is 2.81. The molecule has 1 saturated heterocycles. The normalized spacial score (nSPS) is 18.5. The molecule has 0 spiro atoms. The summed E-state index contributed by atoms with van der Waals surface area (Å²) in [6, 6.07) is 3.72. The maximum absolute atomic E-state index is 5.88. The van der Waals surface area contributed by atoms with E-state index in [-0.39, 0.29) is 30.1 Å². The predicted octanol–water partition coefficient (Wildman–Crippen LogP) is 2.76. The van der Waals surface area contributed by atoms with E-state index in [0.717, 1.165) is 50.9 Å². The number of rotatable bonds is 7. The highest BCUT2D eigenvalue weighted by Gasteiger charge is 2.21. The number of pyridine rings is 1. The number of morpholine rings is 1. The van der Waals surface area contributed by atoms with Crippen molar-refractivity contribution in [3.8, 4) is 0 Å². The van der Waals surface area contributed by atoms with E-state index in [1.807, 2.05) is 6.07 Å². The fourth-order valence-corrected chi connectivity index (χ4v) is 2.92. The highest BCUT2D eigenvalue weighted by molar-refractivity contribution is 14.0. The summed E-state index contributed by atoms with van der Waals surface area (Å²) in [6.45, 7) is 12.6. The Hall–Kier alpha value is -0.640. The summed E-state index contributed by atoms with van der Waals surface area (Å²) < 4.78 is 5.88. The van der Waals surface area contributed by atoms with Gasteiger partial charge in [0.05, 0.1) is 19.3 Å². The molecule has 0 aromatic carbocycles. The van der Waals surface area contributed by atoms with Gasteiger partial charge in [0, 0.05) is 38.9 Å². The van der Waals surface area contributed by atoms with Gasteiger partial charge in [0.15, 0.2) is 5.96 Å². The molecule has 1 aliphatic heterocycles. The first-order chi connectivity index (χ1) is 12.1. The van der Waals surface area contributed by atoms with Crippen molar-refractivity contribution in [1.82, 2.24) is 20.5 Å². The zero-order valence-electron chi connectivity index (χ0n) is 15.9. The number of aliphatic imine (C=N–C) groups is 1. The van der Waals surface area contributed by atoms with Crippen LogP contribution < -0.4 is 10.6 Å². The van der Waals surface area contributed by atoms with Crippen LogP contribution in [-0.4, -0.2) is 61.3 Å². The van der Waals surface area contributed by atoms with E-state index >= 15 is 0 Å². The number of guanidine groups is 1. The molecule has 148 valence electrons. The Labute approximate surface area is 179 Å². The summed E-state index contributed by atoms with van der Waals surface area (Å²) >= 11 is 5.81. The smallest absolute Gasteiger partial charge is 0.191 e. The maximum atomic E-state index is 5.88. The van der Waals surface area contributed by atoms with Gasteiger partial charge in [0.25, 0.3) is 0 Å². The Morgan fingerprint density at radius 2 is 2.23 bits per heavy atom. The molecule has 6 nitrogen and oxygen atoms in total. The van der Waals surface area contributed by atoms with Crippen LogP contribution in [0.5, 0.6) is 0 Å². The number of halogens is 2. The average molecular weight is 496 g/mol. The summed E-state index contributed by atoms with van der Waals surface area (Å²) in [5.74, 6) is 1.47. The van der Waals surface area contributed by atoms with Crippen molar-refractivity contribution < 1.29 is 4.74 Å². The van der Waals surface area contributed by atoms with E-state index in [1.165, 1.54) is 0 Å². The standard InChI is InChI=1S/C18H30ClN5O.HI/c1-4-20-18(22-10-15-5-6-17(19)21-9-15)23-11-16-13-24(7-8-25-16)12-14(2)3;/h5-6,9,14,16H,4,7-8,10-13H2,1-3H3,(H2,20,22,23);1H. The van der Waals surface area contributed by atoms with Crippen molar-refractivity contribution in [1.29, 1.82) is 0 Å². The third-order valence-electron chi connectivity index (χ3n) is 3.90. The van der Waals surface area contributed by atoms with Gasteiger partial charge in [-0.05, 0) is 24.5 Å². The fraction of sp³-hybridized carbons (Fsp3) is 0.667. The lowest BCUT2D eigenvalue weighted by Gasteiger charge is -2.34. The van der Waals surface area contributed by atoms with Crippen molar-refractivity contribution in [3.05, 3.63) is 29.0 Å². The van der Waals surface area contributed by atoms with Crippen LogP contribution in [0, 0.1) is 5.92 Å². The molecular weight excluding hydrogens is 465 g/mol. The van der Waals surface area contributed by atoms with Gasteiger partial charge in [-0.25, -0.2) is 9.98 Å². The summed E-state index contributed by atoms with van der Waals surface area (Å²) in [5, 5.41) is 7.16. The lowest BCUT2D eigenvalue weighted by molar-refractivity contribution is -0.0284. The third kappa shape index (κ3) is 8.83. The number of nitrogens with one attached hydrogen (secondary N) is 2. The third-order valence-corrected chi connectivity index (χ3v) is 4.12. The second-order valence-corrected chi connectivity index (χ2v) is 7.10. The molecule has 2 heterocycles. The lowest BCUT2D eigenvalue weighted by Crippen LogP contribution is -2.50. The molecule has 8 heteroatoms. The van der Waals surface area contributed by atoms with E-state index in [0.29, 0.717) is 17.6 Å². The molecule has 1 aromatic rings. The molecule has 0 aliphatic carbocycles. The Morgan fingerprint density at radius 1 is 1.42 bits per heavy atom. The molecule has 0 amide bonds. The van der Waals surface area contributed by atoms with Crippen LogP contribution in [0.4, 0.5) is 0 Å². The van der Waals surface area contributed by atoms with Gasteiger partial charge in [-0.1, -0.05) is 31.5 Å². The van der Waals surface area contributed by atoms with Crippen molar-refractivity contribution in [2.75, 3.05) is 39.3 Å². The van der Waals surface area contributed by atoms with E-state index in [4.69, 9.17) is 16.3 Å². The van der Waals surface area contributed by atoms with Crippen LogP contribution in [0.2, 0.25) is 5.15 Å². The van der Waals surface area contributed by atoms with Crippen LogP contribution in [0.25, 0.3) is 0 Å². The predicted molar refractivity (Wildman–Crippen MR) is 118 cm³/mol. The molecule has 0 radical (unpaired) electrons. The number of aromatic nitrogens is 1. The quantitative estimate of drug-likeness (QED) is 0.264. The van der Waals surface area contributed by atoms with Crippen molar-refractivity contribution in [2.45, 2.75) is 33.4 Å². The number of nitrogens with zero attached hydrogens (tertiary/aromatic N) is 3. The first-order valence-corrected chi connectivity index (χ1v) is 9.41. The molecule has 0 bridgehead atoms. The summed E-state index contributed by atoms with van der Waals surface area (Å²) in [6.07, 6.45) is 1.94. The molecule has 1 aromatic heterocycles. The monoisotopic (exact) mass is 495 g/mol. The van der Waals surface area contributed by atoms with Crippen molar-refractivity contribution >= 4 is 41.5 Å². The Morgan fingerprint density at radius 3 is 2.88 bits per heavy atom. The second-order valence-electron chi connectivity index (χ2n) is 6.71. The Balaban J connectivity index is 0.00000338.